The molecule has 2 aromatic heterocycles. The minimum Gasteiger partial charge on any atom is -0.338 e. The first-order valence-electron chi connectivity index (χ1n) is 11.1. The first-order chi connectivity index (χ1) is 16.3. The number of halogens is 3. The lowest BCUT2D eigenvalue weighted by Gasteiger charge is -2.16. The molecule has 194 valence electrons. The van der Waals surface area contributed by atoms with Gasteiger partial charge in [0.15, 0.2) is 0 Å². The minimum absolute atomic E-state index is 0. The van der Waals surface area contributed by atoms with Gasteiger partial charge in [-0.3, -0.25) is 10.3 Å². The maximum absolute atomic E-state index is 14.6. The van der Waals surface area contributed by atoms with Gasteiger partial charge in [0, 0.05) is 49.5 Å². The molecule has 0 atom stereocenters. The Labute approximate surface area is 215 Å². The second-order valence-corrected chi connectivity index (χ2v) is 9.20. The summed E-state index contributed by atoms with van der Waals surface area (Å²) in [6.45, 7) is 6.57. The van der Waals surface area contributed by atoms with Crippen LogP contribution in [0.1, 0.15) is 31.5 Å². The lowest BCUT2D eigenvalue weighted by atomic mass is 9.97. The van der Waals surface area contributed by atoms with Crippen LogP contribution >= 0.6 is 12.4 Å². The van der Waals surface area contributed by atoms with Crippen molar-refractivity contribution in [1.29, 1.82) is 0 Å². The van der Waals surface area contributed by atoms with Crippen LogP contribution in [-0.2, 0) is 0 Å². The van der Waals surface area contributed by atoms with Crippen molar-refractivity contribution in [2.75, 3.05) is 31.3 Å². The van der Waals surface area contributed by atoms with Gasteiger partial charge < -0.3 is 15.5 Å². The third kappa shape index (κ3) is 7.24. The van der Waals surface area contributed by atoms with E-state index in [-0.39, 0.29) is 37.1 Å². The Kier molecular flexibility index (Phi) is 9.15. The molecule has 0 saturated heterocycles. The molecule has 2 heterocycles. The SMILES string of the molecule is Cc1cc(F)c(NC(=O)NCCC(C)(C)F)cc1-c1cc2cnc(NC(=O)N(C)C)cc2nc1C.Cl. The van der Waals surface area contributed by atoms with Crippen LogP contribution in [0.5, 0.6) is 0 Å². The highest BCUT2D eigenvalue weighted by molar-refractivity contribution is 5.93. The second-order valence-electron chi connectivity index (χ2n) is 9.20. The summed E-state index contributed by atoms with van der Waals surface area (Å²) in [5.74, 6) is -0.205. The molecule has 0 aliphatic rings. The average Bonchev–Trinajstić information content (AvgIpc) is 2.74. The molecule has 0 radical (unpaired) electrons. The van der Waals surface area contributed by atoms with Gasteiger partial charge in [-0.2, -0.15) is 0 Å². The normalized spacial score (nSPS) is 11.0. The molecule has 0 aliphatic carbocycles. The van der Waals surface area contributed by atoms with Crippen LogP contribution in [0, 0.1) is 19.7 Å². The van der Waals surface area contributed by atoms with Crippen molar-refractivity contribution in [3.05, 3.63) is 47.5 Å². The molecule has 0 saturated carbocycles. The summed E-state index contributed by atoms with van der Waals surface area (Å²) in [5.41, 5.74) is 2.03. The third-order valence-corrected chi connectivity index (χ3v) is 5.39. The summed E-state index contributed by atoms with van der Waals surface area (Å²) in [6.07, 6.45) is 1.74. The Bertz CT molecular complexity index is 1280. The average molecular weight is 521 g/mol. The predicted molar refractivity (Wildman–Crippen MR) is 141 cm³/mol. The summed E-state index contributed by atoms with van der Waals surface area (Å²) in [4.78, 5) is 34.4. The Balaban J connectivity index is 0.00000456. The molecule has 0 fully saturated rings. The number of aryl methyl sites for hydroxylation is 2. The van der Waals surface area contributed by atoms with Crippen molar-refractivity contribution in [1.82, 2.24) is 20.2 Å². The fraction of sp³-hybridized carbons (Fsp3) is 0.360. The zero-order valence-corrected chi connectivity index (χ0v) is 21.9. The number of carbonyl (C=O) groups is 2. The van der Waals surface area contributed by atoms with Gasteiger partial charge in [0.1, 0.15) is 17.3 Å². The standard InChI is InChI=1S/C25H30F2N6O2.ClH/c1-14-9-19(26)21(31-23(34)28-8-7-25(3,4)27)11-17(14)18-10-16-13-29-22(32-24(35)33(5)6)12-20(16)30-15(18)2;/h9-13H,7-8H2,1-6H3,(H2,28,31,34)(H,29,32,35);1H. The van der Waals surface area contributed by atoms with Crippen molar-refractivity contribution >= 4 is 46.9 Å². The van der Waals surface area contributed by atoms with Gasteiger partial charge in [-0.25, -0.2) is 23.4 Å². The second kappa shape index (κ2) is 11.5. The van der Waals surface area contributed by atoms with Crippen molar-refractivity contribution in [3.8, 4) is 11.1 Å². The van der Waals surface area contributed by atoms with Crippen LogP contribution < -0.4 is 16.0 Å². The van der Waals surface area contributed by atoms with E-state index < -0.39 is 17.5 Å². The Morgan fingerprint density at radius 2 is 1.75 bits per heavy atom. The summed E-state index contributed by atoms with van der Waals surface area (Å²) in [6, 6.07) is 5.55. The summed E-state index contributed by atoms with van der Waals surface area (Å²) in [5, 5.41) is 8.47. The van der Waals surface area contributed by atoms with E-state index in [0.717, 1.165) is 10.9 Å². The molecule has 0 spiro atoms. The first kappa shape index (κ1) is 28.7. The lowest BCUT2D eigenvalue weighted by Crippen LogP contribution is -2.32. The zero-order valence-electron chi connectivity index (χ0n) is 21.1. The van der Waals surface area contributed by atoms with Gasteiger partial charge in [-0.15, -0.1) is 12.4 Å². The van der Waals surface area contributed by atoms with Gasteiger partial charge in [0.25, 0.3) is 0 Å². The molecule has 8 nitrogen and oxygen atoms in total. The number of rotatable bonds is 6. The highest BCUT2D eigenvalue weighted by atomic mass is 35.5. The van der Waals surface area contributed by atoms with Crippen LogP contribution in [0.2, 0.25) is 0 Å². The van der Waals surface area contributed by atoms with E-state index in [1.165, 1.54) is 24.8 Å². The fourth-order valence-electron chi connectivity index (χ4n) is 3.43. The Morgan fingerprint density at radius 3 is 2.39 bits per heavy atom. The number of pyridine rings is 2. The van der Waals surface area contributed by atoms with Gasteiger partial charge in [0.05, 0.1) is 11.2 Å². The quantitative estimate of drug-likeness (QED) is 0.381. The van der Waals surface area contributed by atoms with Crippen LogP contribution in [-0.4, -0.2) is 53.2 Å². The molecule has 4 amide bonds. The number of alkyl halides is 1. The van der Waals surface area contributed by atoms with E-state index >= 15 is 0 Å². The van der Waals surface area contributed by atoms with E-state index in [0.29, 0.717) is 28.2 Å². The van der Waals surface area contributed by atoms with Gasteiger partial charge >= 0.3 is 12.1 Å². The van der Waals surface area contributed by atoms with Gasteiger partial charge in [0.2, 0.25) is 0 Å². The molecular formula is C25H31ClF2N6O2. The molecule has 3 N–H and O–H groups in total. The number of nitrogens with one attached hydrogen (secondary N) is 3. The number of nitrogens with zero attached hydrogens (tertiary/aromatic N) is 3. The first-order valence-corrected chi connectivity index (χ1v) is 11.1. The van der Waals surface area contributed by atoms with E-state index in [4.69, 9.17) is 0 Å². The number of anilines is 2. The molecule has 3 aromatic rings. The van der Waals surface area contributed by atoms with Crippen LogP contribution in [0.3, 0.4) is 0 Å². The number of carbonyl (C=O) groups excluding carboxylic acids is 2. The molecule has 0 bridgehead atoms. The topological polar surface area (TPSA) is 99.2 Å². The predicted octanol–water partition coefficient (Wildman–Crippen LogP) is 5.83. The molecule has 11 heteroatoms. The number of benzene rings is 1. The Hall–Kier alpha value is -3.53. The molecular weight excluding hydrogens is 490 g/mol. The van der Waals surface area contributed by atoms with Gasteiger partial charge in [-0.1, -0.05) is 0 Å². The smallest absolute Gasteiger partial charge is 0.322 e. The number of aromatic nitrogens is 2. The number of fused-ring (bicyclic) bond motifs is 1. The van der Waals surface area contributed by atoms with E-state index in [1.54, 1.807) is 39.3 Å². The summed E-state index contributed by atoms with van der Waals surface area (Å²) >= 11 is 0. The number of amides is 4. The summed E-state index contributed by atoms with van der Waals surface area (Å²) < 4.78 is 28.2. The monoisotopic (exact) mass is 520 g/mol. The largest absolute Gasteiger partial charge is 0.338 e. The van der Waals surface area contributed by atoms with Crippen molar-refractivity contribution < 1.29 is 18.4 Å². The van der Waals surface area contributed by atoms with Gasteiger partial charge in [-0.05, 0) is 63.4 Å². The highest BCUT2D eigenvalue weighted by Crippen LogP contribution is 2.32. The molecule has 0 aliphatic heterocycles. The van der Waals surface area contributed by atoms with E-state index in [1.807, 2.05) is 13.0 Å². The van der Waals surface area contributed by atoms with Crippen LogP contribution in [0.4, 0.5) is 29.9 Å². The zero-order chi connectivity index (χ0) is 25.9. The molecule has 3 rings (SSSR count). The maximum Gasteiger partial charge on any atom is 0.322 e. The van der Waals surface area contributed by atoms with Crippen molar-refractivity contribution in [2.24, 2.45) is 0 Å². The number of hydrogen-bond donors (Lipinski definition) is 3. The highest BCUT2D eigenvalue weighted by Gasteiger charge is 2.17. The van der Waals surface area contributed by atoms with Crippen LogP contribution in [0.25, 0.3) is 22.0 Å². The fourth-order valence-corrected chi connectivity index (χ4v) is 3.43. The molecule has 0 unspecified atom stereocenters. The molecule has 1 aromatic carbocycles. The number of hydrogen-bond acceptors (Lipinski definition) is 4. The Morgan fingerprint density at radius 1 is 1.06 bits per heavy atom. The minimum atomic E-state index is -1.41. The van der Waals surface area contributed by atoms with E-state index in [9.17, 15) is 18.4 Å². The summed E-state index contributed by atoms with van der Waals surface area (Å²) in [7, 11) is 3.27. The van der Waals surface area contributed by atoms with Crippen LogP contribution in [0.15, 0.2) is 30.5 Å². The number of urea groups is 2. The maximum atomic E-state index is 14.6. The van der Waals surface area contributed by atoms with Crippen molar-refractivity contribution in [3.63, 3.8) is 0 Å². The van der Waals surface area contributed by atoms with E-state index in [2.05, 4.69) is 25.9 Å². The third-order valence-electron chi connectivity index (χ3n) is 5.39. The van der Waals surface area contributed by atoms with Crippen molar-refractivity contribution in [2.45, 2.75) is 39.8 Å². The molecule has 36 heavy (non-hydrogen) atoms. The lowest BCUT2D eigenvalue weighted by molar-refractivity contribution is 0.200.